The van der Waals surface area contributed by atoms with Crippen LogP contribution in [0.4, 0.5) is 5.69 Å². The topological polar surface area (TPSA) is 41.8 Å². The van der Waals surface area contributed by atoms with Crippen molar-refractivity contribution in [1.82, 2.24) is 4.98 Å². The molecule has 0 aliphatic heterocycles. The van der Waals surface area contributed by atoms with Crippen molar-refractivity contribution in [3.63, 3.8) is 0 Å². The van der Waals surface area contributed by atoms with Gasteiger partial charge in [0.1, 0.15) is 0 Å². The van der Waals surface area contributed by atoms with Crippen molar-refractivity contribution in [1.29, 1.82) is 0 Å². The van der Waals surface area contributed by atoms with Crippen LogP contribution in [-0.4, -0.2) is 4.98 Å². The highest BCUT2D eigenvalue weighted by Crippen LogP contribution is 2.36. The molecule has 2 nitrogen and oxygen atoms in total. The Morgan fingerprint density at radius 3 is 2.75 bits per heavy atom. The zero-order chi connectivity index (χ0) is 11.0. The number of rotatable bonds is 1. The first-order valence-corrected chi connectivity index (χ1v) is 6.21. The van der Waals surface area contributed by atoms with Gasteiger partial charge in [0.2, 0.25) is 0 Å². The van der Waals surface area contributed by atoms with Gasteiger partial charge in [-0.1, -0.05) is 19.3 Å². The maximum Gasteiger partial charge on any atom is 0.0458 e. The molecule has 16 heavy (non-hydrogen) atoms. The first-order chi connectivity index (χ1) is 7.84. The van der Waals surface area contributed by atoms with Crippen molar-refractivity contribution >= 4 is 16.6 Å². The summed E-state index contributed by atoms with van der Waals surface area (Å²) in [6, 6.07) is 6.15. The van der Waals surface area contributed by atoms with E-state index >= 15 is 0 Å². The molecular formula is C14H18N2. The molecule has 0 unspecified atom stereocenters. The fraction of sp³-hybridized carbons (Fsp3) is 0.429. The van der Waals surface area contributed by atoms with E-state index in [1.807, 2.05) is 6.07 Å². The zero-order valence-corrected chi connectivity index (χ0v) is 9.50. The van der Waals surface area contributed by atoms with Gasteiger partial charge in [0.15, 0.2) is 0 Å². The van der Waals surface area contributed by atoms with Crippen LogP contribution in [0, 0.1) is 0 Å². The predicted octanol–water partition coefficient (Wildman–Crippen LogP) is 3.80. The lowest BCUT2D eigenvalue weighted by atomic mass is 9.84. The summed E-state index contributed by atoms with van der Waals surface area (Å²) in [6.45, 7) is 0. The Kier molecular flexibility index (Phi) is 2.35. The maximum absolute atomic E-state index is 5.87. The normalized spacial score (nSPS) is 18.0. The minimum atomic E-state index is 0.740. The lowest BCUT2D eigenvalue weighted by Crippen LogP contribution is -2.03. The predicted molar refractivity (Wildman–Crippen MR) is 68.5 cm³/mol. The second kappa shape index (κ2) is 3.85. The molecule has 84 valence electrons. The van der Waals surface area contributed by atoms with Crippen molar-refractivity contribution in [3.8, 4) is 0 Å². The Balaban J connectivity index is 2.05. The molecule has 3 N–H and O–H groups in total. The van der Waals surface area contributed by atoms with E-state index in [1.165, 1.54) is 48.6 Å². The van der Waals surface area contributed by atoms with Crippen molar-refractivity contribution in [2.75, 3.05) is 5.73 Å². The standard InChI is InChI=1S/C14H18N2/c15-11-6-7-14-12(8-11)13(9-16-14)10-4-2-1-3-5-10/h6-10,16H,1-5,15H2. The quantitative estimate of drug-likeness (QED) is 0.697. The molecule has 2 aromatic rings. The molecule has 0 bridgehead atoms. The fourth-order valence-corrected chi connectivity index (χ4v) is 2.91. The molecule has 0 radical (unpaired) electrons. The molecule has 1 heterocycles. The number of fused-ring (bicyclic) bond motifs is 1. The molecule has 1 aromatic heterocycles. The summed E-state index contributed by atoms with van der Waals surface area (Å²) in [6.07, 6.45) is 9.00. The van der Waals surface area contributed by atoms with Gasteiger partial charge in [-0.15, -0.1) is 0 Å². The Morgan fingerprint density at radius 2 is 1.94 bits per heavy atom. The van der Waals surface area contributed by atoms with Crippen molar-refractivity contribution in [3.05, 3.63) is 30.0 Å². The van der Waals surface area contributed by atoms with Crippen molar-refractivity contribution in [2.45, 2.75) is 38.0 Å². The number of nitrogens with one attached hydrogen (secondary N) is 1. The van der Waals surface area contributed by atoms with Gasteiger partial charge in [0, 0.05) is 22.8 Å². The van der Waals surface area contributed by atoms with E-state index in [0.717, 1.165) is 11.6 Å². The van der Waals surface area contributed by atoms with Gasteiger partial charge in [0.25, 0.3) is 0 Å². The molecule has 1 aromatic carbocycles. The molecule has 1 aliphatic carbocycles. The van der Waals surface area contributed by atoms with Crippen LogP contribution in [0.3, 0.4) is 0 Å². The number of H-pyrrole nitrogens is 1. The molecule has 1 fully saturated rings. The summed E-state index contributed by atoms with van der Waals surface area (Å²) in [5, 5.41) is 1.33. The Morgan fingerprint density at radius 1 is 1.12 bits per heavy atom. The fourth-order valence-electron chi connectivity index (χ4n) is 2.91. The Hall–Kier alpha value is -1.44. The highest BCUT2D eigenvalue weighted by molar-refractivity contribution is 5.86. The van der Waals surface area contributed by atoms with Crippen molar-refractivity contribution < 1.29 is 0 Å². The number of hydrogen-bond donors (Lipinski definition) is 2. The summed E-state index contributed by atoms with van der Waals surface area (Å²) in [7, 11) is 0. The zero-order valence-electron chi connectivity index (χ0n) is 9.50. The largest absolute Gasteiger partial charge is 0.399 e. The van der Waals surface area contributed by atoms with Crippen LogP contribution in [0.15, 0.2) is 24.4 Å². The van der Waals surface area contributed by atoms with Gasteiger partial charge in [-0.3, -0.25) is 0 Å². The first-order valence-electron chi connectivity index (χ1n) is 6.21. The maximum atomic E-state index is 5.87. The molecular weight excluding hydrogens is 196 g/mol. The van der Waals surface area contributed by atoms with E-state index in [1.54, 1.807) is 0 Å². The van der Waals surface area contributed by atoms with Crippen LogP contribution in [0.5, 0.6) is 0 Å². The van der Waals surface area contributed by atoms with Crippen LogP contribution in [0.1, 0.15) is 43.6 Å². The highest BCUT2D eigenvalue weighted by atomic mass is 14.7. The minimum Gasteiger partial charge on any atom is -0.399 e. The SMILES string of the molecule is Nc1ccc2[nH]cc(C3CCCCC3)c2c1. The summed E-state index contributed by atoms with van der Waals surface area (Å²) < 4.78 is 0. The third kappa shape index (κ3) is 1.58. The van der Waals surface area contributed by atoms with E-state index in [9.17, 15) is 0 Å². The number of nitrogens with two attached hydrogens (primary N) is 1. The molecule has 3 rings (SSSR count). The van der Waals surface area contributed by atoms with E-state index in [2.05, 4.69) is 23.3 Å². The number of nitrogen functional groups attached to an aromatic ring is 1. The first kappa shape index (κ1) is 9.76. The average Bonchev–Trinajstić information content (AvgIpc) is 2.73. The van der Waals surface area contributed by atoms with E-state index in [0.29, 0.717) is 0 Å². The lowest BCUT2D eigenvalue weighted by Gasteiger charge is -2.21. The van der Waals surface area contributed by atoms with Gasteiger partial charge in [0.05, 0.1) is 0 Å². The molecule has 0 amide bonds. The van der Waals surface area contributed by atoms with Crippen LogP contribution >= 0.6 is 0 Å². The summed E-state index contributed by atoms with van der Waals surface area (Å²) in [5.74, 6) is 0.740. The molecule has 1 saturated carbocycles. The Bertz CT molecular complexity index is 492. The summed E-state index contributed by atoms with van der Waals surface area (Å²) in [5.41, 5.74) is 9.42. The average molecular weight is 214 g/mol. The van der Waals surface area contributed by atoms with Crippen LogP contribution in [0.25, 0.3) is 10.9 Å². The second-order valence-electron chi connectivity index (χ2n) is 4.88. The molecule has 0 atom stereocenters. The molecule has 0 saturated heterocycles. The lowest BCUT2D eigenvalue weighted by molar-refractivity contribution is 0.445. The second-order valence-corrected chi connectivity index (χ2v) is 4.88. The molecule has 1 aliphatic rings. The van der Waals surface area contributed by atoms with Gasteiger partial charge in [-0.05, 0) is 42.5 Å². The third-order valence-corrected chi connectivity index (χ3v) is 3.78. The minimum absolute atomic E-state index is 0.740. The smallest absolute Gasteiger partial charge is 0.0458 e. The third-order valence-electron chi connectivity index (χ3n) is 3.78. The van der Waals surface area contributed by atoms with Gasteiger partial charge < -0.3 is 10.7 Å². The number of aromatic nitrogens is 1. The van der Waals surface area contributed by atoms with E-state index in [4.69, 9.17) is 5.73 Å². The van der Waals surface area contributed by atoms with Crippen LogP contribution in [0.2, 0.25) is 0 Å². The molecule has 2 heteroatoms. The number of aromatic amines is 1. The number of benzene rings is 1. The molecule has 0 spiro atoms. The van der Waals surface area contributed by atoms with Crippen LogP contribution < -0.4 is 5.73 Å². The van der Waals surface area contributed by atoms with E-state index in [-0.39, 0.29) is 0 Å². The number of hydrogen-bond acceptors (Lipinski definition) is 1. The number of anilines is 1. The summed E-state index contributed by atoms with van der Waals surface area (Å²) in [4.78, 5) is 3.36. The van der Waals surface area contributed by atoms with Crippen molar-refractivity contribution in [2.24, 2.45) is 0 Å². The van der Waals surface area contributed by atoms with Gasteiger partial charge >= 0.3 is 0 Å². The van der Waals surface area contributed by atoms with Gasteiger partial charge in [-0.25, -0.2) is 0 Å². The highest BCUT2D eigenvalue weighted by Gasteiger charge is 2.18. The van der Waals surface area contributed by atoms with Gasteiger partial charge in [-0.2, -0.15) is 0 Å². The summed E-state index contributed by atoms with van der Waals surface area (Å²) >= 11 is 0. The van der Waals surface area contributed by atoms with Crippen LogP contribution in [-0.2, 0) is 0 Å². The van der Waals surface area contributed by atoms with E-state index < -0.39 is 0 Å². The monoisotopic (exact) mass is 214 g/mol. The Labute approximate surface area is 95.8 Å².